The molecule has 0 aliphatic heterocycles. The summed E-state index contributed by atoms with van der Waals surface area (Å²) in [4.78, 5) is 0. The third kappa shape index (κ3) is 3.66. The second-order valence-electron chi connectivity index (χ2n) is 3.70. The van der Waals surface area contributed by atoms with Gasteiger partial charge >= 0.3 is 0 Å². The van der Waals surface area contributed by atoms with Crippen LogP contribution in [0.5, 0.6) is 0 Å². The van der Waals surface area contributed by atoms with E-state index in [2.05, 4.69) is 9.82 Å². The standard InChI is InChI=1S/C9H16ClN3O4S/c1-13-9(8(10)5-11-13)18(15,16)12-7(6-14)3-4-17-2/h5,7,12,14H,3-4,6H2,1-2H3. The summed E-state index contributed by atoms with van der Waals surface area (Å²) in [5.41, 5.74) is 0. The van der Waals surface area contributed by atoms with Crippen LogP contribution in [0.15, 0.2) is 11.2 Å². The van der Waals surface area contributed by atoms with E-state index in [1.54, 1.807) is 0 Å². The van der Waals surface area contributed by atoms with Gasteiger partial charge in [0.05, 0.1) is 17.8 Å². The number of ether oxygens (including phenoxy) is 1. The van der Waals surface area contributed by atoms with Gasteiger partial charge in [-0.3, -0.25) is 4.68 Å². The Morgan fingerprint density at radius 3 is 2.78 bits per heavy atom. The van der Waals surface area contributed by atoms with E-state index >= 15 is 0 Å². The Morgan fingerprint density at radius 1 is 1.67 bits per heavy atom. The second kappa shape index (κ2) is 6.48. The number of aromatic nitrogens is 2. The van der Waals surface area contributed by atoms with Crippen molar-refractivity contribution >= 4 is 21.6 Å². The molecule has 0 fully saturated rings. The van der Waals surface area contributed by atoms with Crippen molar-refractivity contribution in [3.8, 4) is 0 Å². The van der Waals surface area contributed by atoms with Crippen LogP contribution in [-0.4, -0.2) is 49.7 Å². The Morgan fingerprint density at radius 2 is 2.33 bits per heavy atom. The molecule has 0 aliphatic carbocycles. The lowest BCUT2D eigenvalue weighted by Gasteiger charge is -2.16. The average molecular weight is 298 g/mol. The molecule has 9 heteroatoms. The number of aryl methyl sites for hydroxylation is 1. The normalized spacial score (nSPS) is 13.8. The van der Waals surface area contributed by atoms with Gasteiger partial charge in [0.25, 0.3) is 10.0 Å². The number of sulfonamides is 1. The monoisotopic (exact) mass is 297 g/mol. The van der Waals surface area contributed by atoms with Crippen molar-refractivity contribution in [3.05, 3.63) is 11.2 Å². The highest BCUT2D eigenvalue weighted by atomic mass is 35.5. The van der Waals surface area contributed by atoms with Crippen LogP contribution in [0.3, 0.4) is 0 Å². The Hall–Kier alpha value is -0.670. The fourth-order valence-corrected chi connectivity index (χ4v) is 3.34. The first-order chi connectivity index (χ1) is 8.42. The van der Waals surface area contributed by atoms with Gasteiger partial charge in [-0.25, -0.2) is 13.1 Å². The summed E-state index contributed by atoms with van der Waals surface area (Å²) in [6.45, 7) is 0.0188. The first kappa shape index (κ1) is 15.4. The summed E-state index contributed by atoms with van der Waals surface area (Å²) in [5.74, 6) is 0. The van der Waals surface area contributed by atoms with Crippen molar-refractivity contribution in [2.75, 3.05) is 20.3 Å². The Labute approximate surface area is 111 Å². The lowest BCUT2D eigenvalue weighted by molar-refractivity contribution is 0.166. The zero-order valence-electron chi connectivity index (χ0n) is 10.1. The van der Waals surface area contributed by atoms with Crippen LogP contribution in [0.4, 0.5) is 0 Å². The molecule has 1 unspecified atom stereocenters. The molecule has 0 spiro atoms. The van der Waals surface area contributed by atoms with Gasteiger partial charge in [-0.05, 0) is 6.42 Å². The molecule has 1 aromatic rings. The summed E-state index contributed by atoms with van der Waals surface area (Å²) in [7, 11) is -0.840. The van der Waals surface area contributed by atoms with E-state index in [1.807, 2.05) is 0 Å². The van der Waals surface area contributed by atoms with Gasteiger partial charge in [0.2, 0.25) is 0 Å². The van der Waals surface area contributed by atoms with E-state index < -0.39 is 16.1 Å². The van der Waals surface area contributed by atoms with E-state index in [1.165, 1.54) is 20.4 Å². The maximum Gasteiger partial charge on any atom is 0.259 e. The zero-order chi connectivity index (χ0) is 13.8. The first-order valence-corrected chi connectivity index (χ1v) is 7.08. The number of hydrogen-bond acceptors (Lipinski definition) is 5. The smallest absolute Gasteiger partial charge is 0.259 e. The van der Waals surface area contributed by atoms with Crippen LogP contribution in [0.25, 0.3) is 0 Å². The second-order valence-corrected chi connectivity index (χ2v) is 5.74. The van der Waals surface area contributed by atoms with Crippen LogP contribution >= 0.6 is 11.6 Å². The van der Waals surface area contributed by atoms with Gasteiger partial charge in [-0.2, -0.15) is 5.10 Å². The van der Waals surface area contributed by atoms with Crippen LogP contribution in [0.1, 0.15) is 6.42 Å². The molecule has 7 nitrogen and oxygen atoms in total. The molecular weight excluding hydrogens is 282 g/mol. The van der Waals surface area contributed by atoms with Crippen LogP contribution in [0.2, 0.25) is 5.02 Å². The molecule has 2 N–H and O–H groups in total. The summed E-state index contributed by atoms with van der Waals surface area (Å²) >= 11 is 5.77. The van der Waals surface area contributed by atoms with E-state index in [0.29, 0.717) is 13.0 Å². The SMILES string of the molecule is COCCC(CO)NS(=O)(=O)c1c(Cl)cnn1C. The third-order valence-electron chi connectivity index (χ3n) is 2.31. The highest BCUT2D eigenvalue weighted by Crippen LogP contribution is 2.19. The van der Waals surface area contributed by atoms with Gasteiger partial charge in [-0.15, -0.1) is 0 Å². The molecule has 0 bridgehead atoms. The fourth-order valence-electron chi connectivity index (χ4n) is 1.42. The molecule has 0 aromatic carbocycles. The lowest BCUT2D eigenvalue weighted by atomic mass is 10.2. The number of halogens is 1. The predicted octanol–water partition coefficient (Wildman–Crippen LogP) is -0.251. The summed E-state index contributed by atoms with van der Waals surface area (Å²) < 4.78 is 32.5. The minimum Gasteiger partial charge on any atom is -0.395 e. The number of nitrogens with zero attached hydrogens (tertiary/aromatic N) is 2. The molecular formula is C9H16ClN3O4S. The largest absolute Gasteiger partial charge is 0.395 e. The molecule has 0 amide bonds. The van der Waals surface area contributed by atoms with Crippen molar-refractivity contribution in [1.29, 1.82) is 0 Å². The maximum absolute atomic E-state index is 12.1. The maximum atomic E-state index is 12.1. The van der Waals surface area contributed by atoms with Crippen molar-refractivity contribution in [1.82, 2.24) is 14.5 Å². The highest BCUT2D eigenvalue weighted by Gasteiger charge is 2.25. The number of aliphatic hydroxyl groups excluding tert-OH is 1. The summed E-state index contributed by atoms with van der Waals surface area (Å²) in [6, 6.07) is -0.624. The highest BCUT2D eigenvalue weighted by molar-refractivity contribution is 7.89. The molecule has 1 aromatic heterocycles. The molecule has 1 rings (SSSR count). The van der Waals surface area contributed by atoms with Crippen molar-refractivity contribution in [3.63, 3.8) is 0 Å². The molecule has 1 heterocycles. The van der Waals surface area contributed by atoms with E-state index in [4.69, 9.17) is 21.4 Å². The quantitative estimate of drug-likeness (QED) is 0.724. The molecule has 18 heavy (non-hydrogen) atoms. The number of rotatable bonds is 7. The van der Waals surface area contributed by atoms with Crippen molar-refractivity contribution in [2.24, 2.45) is 7.05 Å². The van der Waals surface area contributed by atoms with Crippen molar-refractivity contribution < 1.29 is 18.3 Å². The first-order valence-electron chi connectivity index (χ1n) is 5.22. The van der Waals surface area contributed by atoms with Gasteiger partial charge in [0, 0.05) is 26.8 Å². The number of hydrogen-bond donors (Lipinski definition) is 2. The van der Waals surface area contributed by atoms with E-state index in [0.717, 1.165) is 4.68 Å². The van der Waals surface area contributed by atoms with E-state index in [-0.39, 0.29) is 16.7 Å². The average Bonchev–Trinajstić information content (AvgIpc) is 2.64. The zero-order valence-corrected chi connectivity index (χ0v) is 11.7. The number of methoxy groups -OCH3 is 1. The van der Waals surface area contributed by atoms with E-state index in [9.17, 15) is 8.42 Å². The summed E-state index contributed by atoms with van der Waals surface area (Å²) in [6.07, 6.45) is 1.61. The molecule has 0 saturated heterocycles. The fraction of sp³-hybridized carbons (Fsp3) is 0.667. The van der Waals surface area contributed by atoms with Gasteiger partial charge < -0.3 is 9.84 Å². The molecule has 1 atom stereocenters. The van der Waals surface area contributed by atoms with Gasteiger partial charge in [0.15, 0.2) is 5.03 Å². The van der Waals surface area contributed by atoms with Crippen LogP contribution < -0.4 is 4.72 Å². The lowest BCUT2D eigenvalue weighted by Crippen LogP contribution is -2.39. The van der Waals surface area contributed by atoms with Crippen LogP contribution in [0, 0.1) is 0 Å². The third-order valence-corrected chi connectivity index (χ3v) is 4.34. The molecule has 0 saturated carbocycles. The Bertz CT molecular complexity index is 469. The van der Waals surface area contributed by atoms with Crippen LogP contribution in [-0.2, 0) is 21.8 Å². The summed E-state index contributed by atoms with van der Waals surface area (Å²) in [5, 5.41) is 12.8. The number of aliphatic hydroxyl groups is 1. The van der Waals surface area contributed by atoms with Crippen molar-refractivity contribution in [2.45, 2.75) is 17.5 Å². The Kier molecular flexibility index (Phi) is 5.54. The Balaban J connectivity index is 2.87. The molecule has 104 valence electrons. The predicted molar refractivity (Wildman–Crippen MR) is 65.9 cm³/mol. The minimum atomic E-state index is -3.82. The topological polar surface area (TPSA) is 93.4 Å². The number of nitrogens with one attached hydrogen (secondary N) is 1. The molecule has 0 radical (unpaired) electrons. The molecule has 0 aliphatic rings. The van der Waals surface area contributed by atoms with Gasteiger partial charge in [-0.1, -0.05) is 11.6 Å². The van der Waals surface area contributed by atoms with Gasteiger partial charge in [0.1, 0.15) is 0 Å². The minimum absolute atomic E-state index is 0.0356.